The summed E-state index contributed by atoms with van der Waals surface area (Å²) >= 11 is 0. The van der Waals surface area contributed by atoms with Gasteiger partial charge in [-0.1, -0.05) is 13.8 Å². The quantitative estimate of drug-likeness (QED) is 0.630. The summed E-state index contributed by atoms with van der Waals surface area (Å²) in [5.74, 6) is 0.121. The standard InChI is InChI=1S/C10H23N3O/c1-5-13(6-2)9-10(14)11-7-8-12(3)4/h5-9H2,1-4H3,(H,11,14). The van der Waals surface area contributed by atoms with E-state index in [1.807, 2.05) is 14.1 Å². The zero-order chi connectivity index (χ0) is 11.0. The molecule has 0 aromatic carbocycles. The van der Waals surface area contributed by atoms with Gasteiger partial charge in [-0.2, -0.15) is 0 Å². The van der Waals surface area contributed by atoms with Crippen LogP contribution in [0.15, 0.2) is 0 Å². The first-order valence-electron chi connectivity index (χ1n) is 5.23. The molecular formula is C10H23N3O. The molecule has 0 aromatic rings. The lowest BCUT2D eigenvalue weighted by Gasteiger charge is -2.17. The van der Waals surface area contributed by atoms with Crippen LogP contribution in [-0.2, 0) is 4.79 Å². The fourth-order valence-corrected chi connectivity index (χ4v) is 1.13. The number of nitrogens with one attached hydrogen (secondary N) is 1. The Kier molecular flexibility index (Phi) is 7.42. The molecule has 0 fully saturated rings. The number of rotatable bonds is 7. The van der Waals surface area contributed by atoms with E-state index in [4.69, 9.17) is 0 Å². The molecule has 0 unspecified atom stereocenters. The van der Waals surface area contributed by atoms with Gasteiger partial charge in [-0.25, -0.2) is 0 Å². The third-order valence-electron chi connectivity index (χ3n) is 2.14. The van der Waals surface area contributed by atoms with Crippen molar-refractivity contribution in [3.63, 3.8) is 0 Å². The zero-order valence-electron chi connectivity index (χ0n) is 9.84. The van der Waals surface area contributed by atoms with Crippen LogP contribution in [0.2, 0.25) is 0 Å². The first-order chi connectivity index (χ1) is 6.60. The van der Waals surface area contributed by atoms with Crippen molar-refractivity contribution < 1.29 is 4.79 Å². The lowest BCUT2D eigenvalue weighted by molar-refractivity contribution is -0.122. The maximum Gasteiger partial charge on any atom is 0.234 e. The van der Waals surface area contributed by atoms with Crippen LogP contribution in [0.4, 0.5) is 0 Å². The van der Waals surface area contributed by atoms with Gasteiger partial charge in [-0.05, 0) is 27.2 Å². The largest absolute Gasteiger partial charge is 0.354 e. The summed E-state index contributed by atoms with van der Waals surface area (Å²) in [5.41, 5.74) is 0. The summed E-state index contributed by atoms with van der Waals surface area (Å²) in [6, 6.07) is 0. The minimum atomic E-state index is 0.121. The summed E-state index contributed by atoms with van der Waals surface area (Å²) in [5, 5.41) is 2.89. The first-order valence-corrected chi connectivity index (χ1v) is 5.23. The number of carbonyl (C=O) groups is 1. The minimum absolute atomic E-state index is 0.121. The summed E-state index contributed by atoms with van der Waals surface area (Å²) in [4.78, 5) is 15.5. The Bertz CT molecular complexity index is 155. The smallest absolute Gasteiger partial charge is 0.234 e. The molecule has 0 rings (SSSR count). The molecule has 0 saturated heterocycles. The van der Waals surface area contributed by atoms with E-state index in [-0.39, 0.29) is 5.91 Å². The zero-order valence-corrected chi connectivity index (χ0v) is 9.84. The van der Waals surface area contributed by atoms with Gasteiger partial charge in [0.2, 0.25) is 5.91 Å². The third-order valence-corrected chi connectivity index (χ3v) is 2.14. The fourth-order valence-electron chi connectivity index (χ4n) is 1.13. The number of carbonyl (C=O) groups excluding carboxylic acids is 1. The monoisotopic (exact) mass is 201 g/mol. The van der Waals surface area contributed by atoms with Crippen molar-refractivity contribution >= 4 is 5.91 Å². The number of hydrogen-bond acceptors (Lipinski definition) is 3. The van der Waals surface area contributed by atoms with Gasteiger partial charge in [0, 0.05) is 13.1 Å². The Balaban J connectivity index is 3.54. The molecule has 0 aliphatic carbocycles. The van der Waals surface area contributed by atoms with E-state index in [0.29, 0.717) is 6.54 Å². The second kappa shape index (κ2) is 7.76. The highest BCUT2D eigenvalue weighted by molar-refractivity contribution is 5.77. The molecule has 0 heterocycles. The van der Waals surface area contributed by atoms with E-state index in [1.54, 1.807) is 0 Å². The van der Waals surface area contributed by atoms with Gasteiger partial charge < -0.3 is 10.2 Å². The van der Waals surface area contributed by atoms with Gasteiger partial charge >= 0.3 is 0 Å². The summed E-state index contributed by atoms with van der Waals surface area (Å²) < 4.78 is 0. The van der Waals surface area contributed by atoms with Crippen LogP contribution in [0.5, 0.6) is 0 Å². The van der Waals surface area contributed by atoms with Gasteiger partial charge in [0.15, 0.2) is 0 Å². The molecule has 0 aromatic heterocycles. The Labute approximate surface area is 87.3 Å². The van der Waals surface area contributed by atoms with E-state index in [2.05, 4.69) is 29.0 Å². The van der Waals surface area contributed by atoms with Crippen molar-refractivity contribution in [3.05, 3.63) is 0 Å². The van der Waals surface area contributed by atoms with Crippen LogP contribution < -0.4 is 5.32 Å². The van der Waals surface area contributed by atoms with Crippen molar-refractivity contribution in [1.82, 2.24) is 15.1 Å². The molecule has 4 nitrogen and oxygen atoms in total. The maximum absolute atomic E-state index is 11.4. The normalized spacial score (nSPS) is 11.0. The van der Waals surface area contributed by atoms with Crippen molar-refractivity contribution in [2.75, 3.05) is 46.8 Å². The molecule has 0 spiro atoms. The first kappa shape index (κ1) is 13.4. The van der Waals surface area contributed by atoms with Gasteiger partial charge in [-0.3, -0.25) is 9.69 Å². The average Bonchev–Trinajstić information content (AvgIpc) is 2.13. The molecule has 1 N–H and O–H groups in total. The molecule has 0 aliphatic rings. The minimum Gasteiger partial charge on any atom is -0.354 e. The summed E-state index contributed by atoms with van der Waals surface area (Å²) in [7, 11) is 3.99. The van der Waals surface area contributed by atoms with Crippen molar-refractivity contribution in [1.29, 1.82) is 0 Å². The highest BCUT2D eigenvalue weighted by Gasteiger charge is 2.05. The molecule has 1 amide bonds. The van der Waals surface area contributed by atoms with E-state index in [9.17, 15) is 4.79 Å². The molecule has 84 valence electrons. The van der Waals surface area contributed by atoms with Crippen molar-refractivity contribution in [3.8, 4) is 0 Å². The Morgan fingerprint density at radius 3 is 2.21 bits per heavy atom. The number of likely N-dealkylation sites (N-methyl/N-ethyl adjacent to an activating group) is 2. The van der Waals surface area contributed by atoms with E-state index in [1.165, 1.54) is 0 Å². The van der Waals surface area contributed by atoms with Crippen molar-refractivity contribution in [2.45, 2.75) is 13.8 Å². The van der Waals surface area contributed by atoms with Crippen LogP contribution in [0.3, 0.4) is 0 Å². The number of hydrogen-bond donors (Lipinski definition) is 1. The molecule has 0 saturated carbocycles. The predicted molar refractivity (Wildman–Crippen MR) is 59.4 cm³/mol. The summed E-state index contributed by atoms with van der Waals surface area (Å²) in [6.07, 6.45) is 0. The molecule has 0 radical (unpaired) electrons. The highest BCUT2D eigenvalue weighted by Crippen LogP contribution is 1.85. The molecule has 0 bridgehead atoms. The summed E-state index contributed by atoms with van der Waals surface area (Å²) in [6.45, 7) is 8.12. The average molecular weight is 201 g/mol. The SMILES string of the molecule is CCN(CC)CC(=O)NCCN(C)C. The van der Waals surface area contributed by atoms with E-state index in [0.717, 1.165) is 26.2 Å². The highest BCUT2D eigenvalue weighted by atomic mass is 16.2. The van der Waals surface area contributed by atoms with Gasteiger partial charge in [-0.15, -0.1) is 0 Å². The second-order valence-corrected chi connectivity index (χ2v) is 3.61. The lowest BCUT2D eigenvalue weighted by atomic mass is 10.4. The van der Waals surface area contributed by atoms with Gasteiger partial charge in [0.1, 0.15) is 0 Å². The number of amides is 1. The second-order valence-electron chi connectivity index (χ2n) is 3.61. The number of nitrogens with zero attached hydrogens (tertiary/aromatic N) is 2. The predicted octanol–water partition coefficient (Wildman–Crippen LogP) is 0.00600. The van der Waals surface area contributed by atoms with Crippen LogP contribution in [0.1, 0.15) is 13.8 Å². The van der Waals surface area contributed by atoms with Crippen LogP contribution in [0.25, 0.3) is 0 Å². The van der Waals surface area contributed by atoms with Crippen LogP contribution in [-0.4, -0.2) is 62.5 Å². The Morgan fingerprint density at radius 2 is 1.79 bits per heavy atom. The topological polar surface area (TPSA) is 35.6 Å². The Morgan fingerprint density at radius 1 is 1.21 bits per heavy atom. The van der Waals surface area contributed by atoms with Crippen LogP contribution in [0, 0.1) is 0 Å². The van der Waals surface area contributed by atoms with Crippen LogP contribution >= 0.6 is 0 Å². The third kappa shape index (κ3) is 6.86. The molecule has 0 atom stereocenters. The maximum atomic E-state index is 11.4. The van der Waals surface area contributed by atoms with Gasteiger partial charge in [0.25, 0.3) is 0 Å². The fraction of sp³-hybridized carbons (Fsp3) is 0.900. The lowest BCUT2D eigenvalue weighted by Crippen LogP contribution is -2.39. The van der Waals surface area contributed by atoms with Crippen molar-refractivity contribution in [2.24, 2.45) is 0 Å². The van der Waals surface area contributed by atoms with E-state index < -0.39 is 0 Å². The molecule has 4 heteroatoms. The van der Waals surface area contributed by atoms with E-state index >= 15 is 0 Å². The van der Waals surface area contributed by atoms with Gasteiger partial charge in [0.05, 0.1) is 6.54 Å². The molecular weight excluding hydrogens is 178 g/mol. The Hall–Kier alpha value is -0.610. The molecule has 0 aliphatic heterocycles. The molecule has 14 heavy (non-hydrogen) atoms.